The van der Waals surface area contributed by atoms with Gasteiger partial charge in [-0.3, -0.25) is 0 Å². The van der Waals surface area contributed by atoms with E-state index in [4.69, 9.17) is 0 Å². The molecule has 0 radical (unpaired) electrons. The number of aromatic carboxylic acids is 1. The minimum Gasteiger partial charge on any atom is -0.478 e. The summed E-state index contributed by atoms with van der Waals surface area (Å²) in [6.07, 6.45) is 1.73. The fourth-order valence-electron chi connectivity index (χ4n) is 2.18. The zero-order valence-electron chi connectivity index (χ0n) is 13.7. The lowest BCUT2D eigenvalue weighted by molar-refractivity contribution is 0.0696. The summed E-state index contributed by atoms with van der Waals surface area (Å²) in [5.41, 5.74) is 1.12. The van der Waals surface area contributed by atoms with E-state index in [1.165, 1.54) is 0 Å². The van der Waals surface area contributed by atoms with Gasteiger partial charge in [0.05, 0.1) is 5.56 Å². The summed E-state index contributed by atoms with van der Waals surface area (Å²) in [5, 5.41) is 12.6. The largest absolute Gasteiger partial charge is 0.478 e. The van der Waals surface area contributed by atoms with E-state index >= 15 is 0 Å². The number of nitrogens with one attached hydrogen (secondary N) is 1. The first kappa shape index (κ1) is 17.4. The van der Waals surface area contributed by atoms with Gasteiger partial charge in [-0.1, -0.05) is 27.2 Å². The molecule has 0 saturated heterocycles. The smallest absolute Gasteiger partial charge is 0.335 e. The molecule has 0 aliphatic rings. The standard InChI is InChI=1S/C16H27N3O2/c1-6-7-13-8-12(16(20)21)9-15(17-13)18-14(11(2)3)10-19(4)5/h8-9,11,14H,6-7,10H2,1-5H3,(H,17,18)(H,20,21). The van der Waals surface area contributed by atoms with Gasteiger partial charge in [0.25, 0.3) is 0 Å². The monoisotopic (exact) mass is 293 g/mol. The van der Waals surface area contributed by atoms with E-state index < -0.39 is 5.97 Å². The maximum absolute atomic E-state index is 11.2. The van der Waals surface area contributed by atoms with Gasteiger partial charge >= 0.3 is 5.97 Å². The SMILES string of the molecule is CCCc1cc(C(=O)O)cc(NC(CN(C)C)C(C)C)n1. The minimum absolute atomic E-state index is 0.228. The van der Waals surface area contributed by atoms with E-state index in [9.17, 15) is 9.90 Å². The molecular weight excluding hydrogens is 266 g/mol. The van der Waals surface area contributed by atoms with Gasteiger partial charge in [-0.25, -0.2) is 9.78 Å². The summed E-state index contributed by atoms with van der Waals surface area (Å²) in [4.78, 5) is 17.9. The quantitative estimate of drug-likeness (QED) is 0.771. The summed E-state index contributed by atoms with van der Waals surface area (Å²) in [6, 6.07) is 3.51. The van der Waals surface area contributed by atoms with E-state index in [-0.39, 0.29) is 6.04 Å². The summed E-state index contributed by atoms with van der Waals surface area (Å²) in [5.74, 6) is 0.169. The van der Waals surface area contributed by atoms with Gasteiger partial charge in [0.15, 0.2) is 0 Å². The number of aryl methyl sites for hydroxylation is 1. The Morgan fingerprint density at radius 1 is 1.38 bits per heavy atom. The molecule has 0 bridgehead atoms. The molecule has 0 aliphatic carbocycles. The number of pyridine rings is 1. The topological polar surface area (TPSA) is 65.5 Å². The molecule has 0 saturated carbocycles. The first-order chi connectivity index (χ1) is 9.83. The molecule has 1 rings (SSSR count). The second-order valence-corrected chi connectivity index (χ2v) is 6.04. The van der Waals surface area contributed by atoms with Crippen LogP contribution in [0.1, 0.15) is 43.2 Å². The van der Waals surface area contributed by atoms with E-state index in [0.29, 0.717) is 17.3 Å². The Hall–Kier alpha value is -1.62. The summed E-state index contributed by atoms with van der Waals surface area (Å²) in [7, 11) is 4.06. The minimum atomic E-state index is -0.911. The Balaban J connectivity index is 3.01. The van der Waals surface area contributed by atoms with Crippen molar-refractivity contribution in [2.24, 2.45) is 5.92 Å². The van der Waals surface area contributed by atoms with Crippen LogP contribution in [0.5, 0.6) is 0 Å². The highest BCUT2D eigenvalue weighted by molar-refractivity contribution is 5.88. The van der Waals surface area contributed by atoms with Crippen LogP contribution in [0, 0.1) is 5.92 Å². The number of hydrogen-bond donors (Lipinski definition) is 2. The molecule has 0 spiro atoms. The fourth-order valence-corrected chi connectivity index (χ4v) is 2.18. The van der Waals surface area contributed by atoms with Gasteiger partial charge < -0.3 is 15.3 Å². The van der Waals surface area contributed by atoms with Crippen molar-refractivity contribution in [3.63, 3.8) is 0 Å². The molecule has 2 N–H and O–H groups in total. The number of carboxylic acid groups (broad SMARTS) is 1. The number of anilines is 1. The number of aromatic nitrogens is 1. The van der Waals surface area contributed by atoms with Crippen LogP contribution >= 0.6 is 0 Å². The van der Waals surface area contributed by atoms with Crippen LogP contribution in [0.4, 0.5) is 5.82 Å². The van der Waals surface area contributed by atoms with Crippen LogP contribution in [0.3, 0.4) is 0 Å². The molecular formula is C16H27N3O2. The van der Waals surface area contributed by atoms with Crippen LogP contribution < -0.4 is 5.32 Å². The van der Waals surface area contributed by atoms with E-state index in [2.05, 4.69) is 36.0 Å². The van der Waals surface area contributed by atoms with Crippen molar-refractivity contribution in [3.8, 4) is 0 Å². The average molecular weight is 293 g/mol. The highest BCUT2D eigenvalue weighted by atomic mass is 16.4. The van der Waals surface area contributed by atoms with Gasteiger partial charge in [-0.2, -0.15) is 0 Å². The molecule has 5 heteroatoms. The van der Waals surface area contributed by atoms with Gasteiger partial charge in [0.2, 0.25) is 0 Å². The third kappa shape index (κ3) is 5.71. The molecule has 5 nitrogen and oxygen atoms in total. The van der Waals surface area contributed by atoms with E-state index in [1.54, 1.807) is 12.1 Å². The summed E-state index contributed by atoms with van der Waals surface area (Å²) < 4.78 is 0. The van der Waals surface area contributed by atoms with Crippen molar-refractivity contribution in [2.75, 3.05) is 26.0 Å². The average Bonchev–Trinajstić information content (AvgIpc) is 2.37. The van der Waals surface area contributed by atoms with E-state index in [1.807, 2.05) is 14.1 Å². The highest BCUT2D eigenvalue weighted by Crippen LogP contribution is 2.16. The molecule has 0 aromatic carbocycles. The molecule has 1 aromatic heterocycles. The van der Waals surface area contributed by atoms with Crippen molar-refractivity contribution in [1.29, 1.82) is 0 Å². The van der Waals surface area contributed by atoms with Crippen molar-refractivity contribution < 1.29 is 9.90 Å². The zero-order chi connectivity index (χ0) is 16.0. The Bertz CT molecular complexity index is 473. The van der Waals surface area contributed by atoms with Crippen molar-refractivity contribution in [2.45, 2.75) is 39.7 Å². The number of rotatable bonds is 8. The number of carbonyl (C=O) groups is 1. The Kier molecular flexibility index (Phi) is 6.62. The Morgan fingerprint density at radius 2 is 2.05 bits per heavy atom. The van der Waals surface area contributed by atoms with Crippen molar-refractivity contribution in [3.05, 3.63) is 23.4 Å². The fraction of sp³-hybridized carbons (Fsp3) is 0.625. The summed E-state index contributed by atoms with van der Waals surface area (Å²) in [6.45, 7) is 7.23. The van der Waals surface area contributed by atoms with Gasteiger partial charge in [0.1, 0.15) is 5.82 Å². The zero-order valence-corrected chi connectivity index (χ0v) is 13.7. The van der Waals surface area contributed by atoms with Crippen LogP contribution in [0.2, 0.25) is 0 Å². The van der Waals surface area contributed by atoms with Gasteiger partial charge in [-0.15, -0.1) is 0 Å². The number of nitrogens with zero attached hydrogens (tertiary/aromatic N) is 2. The Morgan fingerprint density at radius 3 is 2.52 bits per heavy atom. The third-order valence-corrected chi connectivity index (χ3v) is 3.33. The van der Waals surface area contributed by atoms with Gasteiger partial charge in [-0.05, 0) is 38.6 Å². The molecule has 118 valence electrons. The van der Waals surface area contributed by atoms with Crippen molar-refractivity contribution >= 4 is 11.8 Å². The van der Waals surface area contributed by atoms with Gasteiger partial charge in [0, 0.05) is 18.3 Å². The summed E-state index contributed by atoms with van der Waals surface area (Å²) >= 11 is 0. The second kappa shape index (κ2) is 7.98. The molecule has 21 heavy (non-hydrogen) atoms. The molecule has 1 atom stereocenters. The van der Waals surface area contributed by atoms with Crippen LogP contribution in [-0.2, 0) is 6.42 Å². The predicted octanol–water partition coefficient (Wildman–Crippen LogP) is 2.73. The molecule has 1 aromatic rings. The number of carboxylic acids is 1. The predicted molar refractivity (Wildman–Crippen MR) is 86.0 cm³/mol. The molecule has 1 heterocycles. The van der Waals surface area contributed by atoms with E-state index in [0.717, 1.165) is 25.1 Å². The molecule has 0 amide bonds. The highest BCUT2D eigenvalue weighted by Gasteiger charge is 2.16. The second-order valence-electron chi connectivity index (χ2n) is 6.04. The first-order valence-electron chi connectivity index (χ1n) is 7.49. The van der Waals surface area contributed by atoms with Crippen molar-refractivity contribution in [1.82, 2.24) is 9.88 Å². The third-order valence-electron chi connectivity index (χ3n) is 3.33. The van der Waals surface area contributed by atoms with Crippen LogP contribution in [0.15, 0.2) is 12.1 Å². The van der Waals surface area contributed by atoms with Crippen LogP contribution in [0.25, 0.3) is 0 Å². The lowest BCUT2D eigenvalue weighted by Crippen LogP contribution is -2.36. The molecule has 0 fully saturated rings. The maximum atomic E-state index is 11.2. The number of hydrogen-bond acceptors (Lipinski definition) is 4. The normalized spacial score (nSPS) is 12.7. The van der Waals surface area contributed by atoms with Crippen LogP contribution in [-0.4, -0.2) is 47.6 Å². The molecule has 1 unspecified atom stereocenters. The lowest BCUT2D eigenvalue weighted by atomic mass is 10.0. The first-order valence-corrected chi connectivity index (χ1v) is 7.49. The number of likely N-dealkylation sites (N-methyl/N-ethyl adjacent to an activating group) is 1. The maximum Gasteiger partial charge on any atom is 0.335 e. The lowest BCUT2D eigenvalue weighted by Gasteiger charge is -2.26. The molecule has 0 aliphatic heterocycles. The Labute approximate surface area is 127 Å².